The molecule has 2 aliphatic heterocycles. The van der Waals surface area contributed by atoms with Crippen LogP contribution in [-0.4, -0.2) is 23.0 Å². The topological polar surface area (TPSA) is 51.4 Å². The van der Waals surface area contributed by atoms with Crippen molar-refractivity contribution in [3.8, 4) is 0 Å². The summed E-state index contributed by atoms with van der Waals surface area (Å²) < 4.78 is 6.26. The quantitative estimate of drug-likeness (QED) is 0.925. The molecule has 1 saturated heterocycles. The molecule has 22 heavy (non-hydrogen) atoms. The summed E-state index contributed by atoms with van der Waals surface area (Å²) in [6, 6.07) is 12.6. The van der Waals surface area contributed by atoms with Crippen LogP contribution in [0.25, 0.3) is 0 Å². The van der Waals surface area contributed by atoms with Crippen molar-refractivity contribution in [1.29, 1.82) is 0 Å². The molecule has 3 heterocycles. The number of rotatable bonds is 2. The molecular formula is C18H21N3O. The number of likely N-dealkylation sites (tertiary alicyclic amines) is 1. The minimum atomic E-state index is -0.115. The largest absolute Gasteiger partial charge is 0.384 e. The number of benzene rings is 1. The van der Waals surface area contributed by atoms with Crippen molar-refractivity contribution in [1.82, 2.24) is 9.88 Å². The van der Waals surface area contributed by atoms with Gasteiger partial charge in [-0.15, -0.1) is 0 Å². The number of hydrogen-bond donors (Lipinski definition) is 1. The summed E-state index contributed by atoms with van der Waals surface area (Å²) in [6.45, 7) is 3.71. The molecule has 1 unspecified atom stereocenters. The Bertz CT molecular complexity index is 666. The molecule has 1 aromatic heterocycles. The van der Waals surface area contributed by atoms with Crippen LogP contribution in [0.1, 0.15) is 29.5 Å². The van der Waals surface area contributed by atoms with Crippen LogP contribution in [0.5, 0.6) is 0 Å². The number of nitrogens with two attached hydrogens (primary N) is 1. The molecule has 2 N–H and O–H groups in total. The molecule has 2 aliphatic rings. The van der Waals surface area contributed by atoms with Gasteiger partial charge in [-0.05, 0) is 42.1 Å². The normalized spacial score (nSPS) is 24.5. The van der Waals surface area contributed by atoms with Crippen molar-refractivity contribution in [2.75, 3.05) is 18.8 Å². The van der Waals surface area contributed by atoms with E-state index in [4.69, 9.17) is 10.5 Å². The zero-order chi connectivity index (χ0) is 15.0. The van der Waals surface area contributed by atoms with E-state index in [1.165, 1.54) is 16.7 Å². The van der Waals surface area contributed by atoms with Gasteiger partial charge in [-0.2, -0.15) is 0 Å². The van der Waals surface area contributed by atoms with Gasteiger partial charge in [-0.25, -0.2) is 4.98 Å². The summed E-state index contributed by atoms with van der Waals surface area (Å²) in [5, 5.41) is 0. The monoisotopic (exact) mass is 295 g/mol. The number of ether oxygens (including phenoxy) is 1. The van der Waals surface area contributed by atoms with Crippen LogP contribution in [-0.2, 0) is 23.5 Å². The highest BCUT2D eigenvalue weighted by Gasteiger charge is 2.43. The van der Waals surface area contributed by atoms with Gasteiger partial charge in [-0.1, -0.05) is 30.3 Å². The number of fused-ring (bicyclic) bond motifs is 2. The molecule has 4 nitrogen and oxygen atoms in total. The van der Waals surface area contributed by atoms with Crippen molar-refractivity contribution in [3.63, 3.8) is 0 Å². The maximum atomic E-state index is 6.26. The molecule has 1 fully saturated rings. The van der Waals surface area contributed by atoms with Gasteiger partial charge >= 0.3 is 0 Å². The number of anilines is 1. The van der Waals surface area contributed by atoms with E-state index in [1.54, 1.807) is 0 Å². The van der Waals surface area contributed by atoms with Gasteiger partial charge in [-0.3, -0.25) is 4.90 Å². The van der Waals surface area contributed by atoms with E-state index in [0.29, 0.717) is 5.82 Å². The minimum absolute atomic E-state index is 0.115. The van der Waals surface area contributed by atoms with Crippen molar-refractivity contribution in [2.45, 2.75) is 31.6 Å². The highest BCUT2D eigenvalue weighted by molar-refractivity contribution is 5.36. The van der Waals surface area contributed by atoms with Crippen molar-refractivity contribution in [2.24, 2.45) is 0 Å². The molecule has 0 saturated carbocycles. The summed E-state index contributed by atoms with van der Waals surface area (Å²) in [5.74, 6) is 0.576. The van der Waals surface area contributed by atoms with Crippen LogP contribution >= 0.6 is 0 Å². The van der Waals surface area contributed by atoms with Gasteiger partial charge in [0.05, 0.1) is 6.61 Å². The predicted octanol–water partition coefficient (Wildman–Crippen LogP) is 2.69. The fourth-order valence-electron chi connectivity index (χ4n) is 3.75. The van der Waals surface area contributed by atoms with Gasteiger partial charge in [0, 0.05) is 19.3 Å². The molecule has 4 rings (SSSR count). The lowest BCUT2D eigenvalue weighted by atomic mass is 9.85. The third kappa shape index (κ3) is 2.38. The molecule has 1 atom stereocenters. The first kappa shape index (κ1) is 13.7. The summed E-state index contributed by atoms with van der Waals surface area (Å²) in [4.78, 5) is 6.66. The summed E-state index contributed by atoms with van der Waals surface area (Å²) in [7, 11) is 0. The fraction of sp³-hybridized carbons (Fsp3) is 0.389. The summed E-state index contributed by atoms with van der Waals surface area (Å²) >= 11 is 0. The third-order valence-electron chi connectivity index (χ3n) is 4.80. The first-order chi connectivity index (χ1) is 10.8. The van der Waals surface area contributed by atoms with Crippen molar-refractivity contribution < 1.29 is 4.74 Å². The Morgan fingerprint density at radius 1 is 1.23 bits per heavy atom. The molecule has 114 valence electrons. The molecule has 0 bridgehead atoms. The number of nitrogens with zero attached hydrogens (tertiary/aromatic N) is 2. The molecule has 0 amide bonds. The van der Waals surface area contributed by atoms with Gasteiger partial charge in [0.25, 0.3) is 0 Å². The Morgan fingerprint density at radius 2 is 2.14 bits per heavy atom. The number of piperidine rings is 1. The second-order valence-corrected chi connectivity index (χ2v) is 6.35. The van der Waals surface area contributed by atoms with Crippen molar-refractivity contribution >= 4 is 5.82 Å². The van der Waals surface area contributed by atoms with E-state index in [2.05, 4.69) is 40.2 Å². The number of hydrogen-bond acceptors (Lipinski definition) is 4. The van der Waals surface area contributed by atoms with Crippen molar-refractivity contribution in [3.05, 3.63) is 59.3 Å². The minimum Gasteiger partial charge on any atom is -0.384 e. The lowest BCUT2D eigenvalue weighted by Gasteiger charge is -2.40. The van der Waals surface area contributed by atoms with E-state index in [1.807, 2.05) is 12.3 Å². The fourth-order valence-corrected chi connectivity index (χ4v) is 3.75. The molecule has 1 aromatic carbocycles. The average molecular weight is 295 g/mol. The van der Waals surface area contributed by atoms with E-state index in [0.717, 1.165) is 39.1 Å². The lowest BCUT2D eigenvalue weighted by molar-refractivity contribution is -0.0871. The Morgan fingerprint density at radius 3 is 3.00 bits per heavy atom. The SMILES string of the molecule is Nc1ccc(CN2CCCC3(C2)OCc2ccccc23)cn1. The number of nitrogen functional groups attached to an aromatic ring is 1. The second kappa shape index (κ2) is 5.38. The van der Waals surface area contributed by atoms with Crippen LogP contribution < -0.4 is 5.73 Å². The number of pyridine rings is 1. The van der Waals surface area contributed by atoms with Gasteiger partial charge in [0.15, 0.2) is 0 Å². The Kier molecular flexibility index (Phi) is 3.36. The van der Waals surface area contributed by atoms with Gasteiger partial charge < -0.3 is 10.5 Å². The van der Waals surface area contributed by atoms with E-state index in [-0.39, 0.29) is 5.60 Å². The molecular weight excluding hydrogens is 274 g/mol. The molecule has 2 aromatic rings. The highest BCUT2D eigenvalue weighted by atomic mass is 16.5. The Labute approximate surface area is 130 Å². The Balaban J connectivity index is 1.54. The Hall–Kier alpha value is -1.91. The lowest BCUT2D eigenvalue weighted by Crippen LogP contribution is -2.45. The van der Waals surface area contributed by atoms with Crippen LogP contribution in [0, 0.1) is 0 Å². The van der Waals surface area contributed by atoms with Gasteiger partial charge in [0.2, 0.25) is 0 Å². The average Bonchev–Trinajstić information content (AvgIpc) is 2.89. The number of aromatic nitrogens is 1. The summed E-state index contributed by atoms with van der Waals surface area (Å²) in [5.41, 5.74) is 9.48. The predicted molar refractivity (Wildman–Crippen MR) is 86.1 cm³/mol. The van der Waals surface area contributed by atoms with E-state index in [9.17, 15) is 0 Å². The van der Waals surface area contributed by atoms with Crippen LogP contribution in [0.2, 0.25) is 0 Å². The second-order valence-electron chi connectivity index (χ2n) is 6.35. The molecule has 0 radical (unpaired) electrons. The third-order valence-corrected chi connectivity index (χ3v) is 4.80. The molecule has 1 spiro atoms. The zero-order valence-corrected chi connectivity index (χ0v) is 12.7. The van der Waals surface area contributed by atoms with Crippen LogP contribution in [0.15, 0.2) is 42.6 Å². The maximum Gasteiger partial charge on any atom is 0.123 e. The maximum absolute atomic E-state index is 6.26. The molecule has 4 heteroatoms. The summed E-state index contributed by atoms with van der Waals surface area (Å²) in [6.07, 6.45) is 4.15. The highest BCUT2D eigenvalue weighted by Crippen LogP contribution is 2.42. The van der Waals surface area contributed by atoms with E-state index >= 15 is 0 Å². The smallest absolute Gasteiger partial charge is 0.123 e. The van der Waals surface area contributed by atoms with E-state index < -0.39 is 0 Å². The van der Waals surface area contributed by atoms with Crippen LogP contribution in [0.4, 0.5) is 5.82 Å². The first-order valence-corrected chi connectivity index (χ1v) is 7.90. The van der Waals surface area contributed by atoms with Crippen LogP contribution in [0.3, 0.4) is 0 Å². The zero-order valence-electron chi connectivity index (χ0n) is 12.7. The molecule has 0 aliphatic carbocycles. The first-order valence-electron chi connectivity index (χ1n) is 7.90. The van der Waals surface area contributed by atoms with Gasteiger partial charge in [0.1, 0.15) is 11.4 Å². The standard InChI is InChI=1S/C18H21N3O/c19-17-7-6-14(10-20-17)11-21-9-3-8-18(13-21)16-5-2-1-4-15(16)12-22-18/h1-2,4-7,10H,3,8-9,11-13H2,(H2,19,20).